The van der Waals surface area contributed by atoms with Crippen molar-refractivity contribution in [2.75, 3.05) is 59.3 Å². The number of likely N-dealkylation sites (tertiary alicyclic amines) is 1. The normalized spacial score (nSPS) is 18.2. The lowest BCUT2D eigenvalue weighted by atomic mass is 9.59. The number of cyclic esters (lactones) is 1. The monoisotopic (exact) mass is 1200 g/mol. The summed E-state index contributed by atoms with van der Waals surface area (Å²) in [5.41, 5.74) is 0.992. The van der Waals surface area contributed by atoms with E-state index in [1.54, 1.807) is 45.3 Å². The van der Waals surface area contributed by atoms with Crippen LogP contribution in [0.1, 0.15) is 146 Å². The van der Waals surface area contributed by atoms with Crippen LogP contribution in [0.2, 0.25) is 0 Å². The summed E-state index contributed by atoms with van der Waals surface area (Å²) in [6, 6.07) is -1.11. The summed E-state index contributed by atoms with van der Waals surface area (Å²) in [6.45, 7) is 14.7. The van der Waals surface area contributed by atoms with E-state index in [0.717, 1.165) is 33.4 Å². The maximum Gasteiger partial charge on any atom is 0.355 e. The number of amides is 5. The number of carbonyl (C=O) groups is 9. The van der Waals surface area contributed by atoms with Crippen molar-refractivity contribution in [2.24, 2.45) is 16.7 Å². The molecule has 0 bridgehead atoms. The summed E-state index contributed by atoms with van der Waals surface area (Å²) in [5.74, 6) is -8.49. The molecule has 1 fully saturated rings. The van der Waals surface area contributed by atoms with Crippen molar-refractivity contribution < 1.29 is 81.4 Å². The number of carbonyl (C=O) groups excluding carboxylic acids is 7. The standard InChI is InChI=1S/C61H82FN7O17/c1-9-59(7,10-2)60(8,30-50(75)76)29-47(71)64-31-48(72)63-18-21-83-23-25-84-24-22-82-20-17-46(70)65-43(28-49(73)74)56(79)68-19-13-16-44(68)54(77)67-52(34(4)5)57(80)86-61(11-3)40-26-45-53-38(32-69(45)55(78)39(40)33-85-58(61)81)37-15-12-14-36-35(6)41(62)27-42(66-53)51(36)37/h26-27,34,43-44,52H,9-25,28-33H2,1-8H3,(H,63,72)(H,64,71)(H,65,70)(H,67,77)(H,73,74)(H,75,76)/t43-,44-,52-,60?,61-/m0/s1. The maximum atomic E-state index is 15.2. The van der Waals surface area contributed by atoms with Crippen LogP contribution in [0.25, 0.3) is 22.3 Å². The van der Waals surface area contributed by atoms with Crippen molar-refractivity contribution in [3.63, 3.8) is 0 Å². The molecule has 5 atom stereocenters. The molecule has 3 aliphatic heterocycles. The van der Waals surface area contributed by atoms with Gasteiger partial charge >= 0.3 is 23.9 Å². The topological polar surface area (TPSA) is 326 Å². The smallest absolute Gasteiger partial charge is 0.355 e. The van der Waals surface area contributed by atoms with Crippen LogP contribution in [0.4, 0.5) is 4.39 Å². The molecule has 1 unspecified atom stereocenters. The number of aliphatic carboxylic acids is 2. The first kappa shape index (κ1) is 66.2. The molecule has 0 saturated carbocycles. The summed E-state index contributed by atoms with van der Waals surface area (Å²) in [5, 5.41) is 30.5. The Morgan fingerprint density at radius 3 is 2.14 bits per heavy atom. The number of hydrogen-bond acceptors (Lipinski definition) is 16. The van der Waals surface area contributed by atoms with E-state index in [1.807, 2.05) is 20.8 Å². The molecule has 5 heterocycles. The van der Waals surface area contributed by atoms with Crippen LogP contribution in [0.3, 0.4) is 0 Å². The summed E-state index contributed by atoms with van der Waals surface area (Å²) >= 11 is 0. The van der Waals surface area contributed by atoms with Crippen LogP contribution in [-0.2, 0) is 98.4 Å². The molecule has 0 radical (unpaired) electrons. The SMILES string of the molecule is CCC(C)(CC)C(C)(CC(=O)O)CC(=O)NCC(=O)NCCOCCOCCOCCC(=O)N[C@@H](CC(=O)O)C(=O)N1CCC[C@H]1C(=O)N[C@H](C(=O)O[C@]1(CC)C(=O)OCc2c1cc1n(c2=O)Cc2c-1nc1cc(F)c(C)c3c1c2CCC3)C(C)C. The molecule has 2 aromatic heterocycles. The Labute approximate surface area is 498 Å². The number of esters is 2. The average molecular weight is 1200 g/mol. The number of aryl methyl sites for hydroxylation is 2. The quantitative estimate of drug-likeness (QED) is 0.0306. The molecule has 24 nitrogen and oxygen atoms in total. The van der Waals surface area contributed by atoms with Gasteiger partial charge in [-0.2, -0.15) is 0 Å². The summed E-state index contributed by atoms with van der Waals surface area (Å²) < 4.78 is 45.0. The molecule has 0 spiro atoms. The molecular formula is C61H82FN7O17. The zero-order valence-electron chi connectivity index (χ0n) is 50.5. The Bertz CT molecular complexity index is 3180. The van der Waals surface area contributed by atoms with E-state index in [4.69, 9.17) is 28.7 Å². The molecule has 1 aliphatic carbocycles. The summed E-state index contributed by atoms with van der Waals surface area (Å²) in [4.78, 5) is 139. The first-order valence-electron chi connectivity index (χ1n) is 29.8. The number of rotatable bonds is 31. The predicted molar refractivity (Wildman–Crippen MR) is 308 cm³/mol. The van der Waals surface area contributed by atoms with E-state index in [0.29, 0.717) is 54.6 Å². The highest BCUT2D eigenvalue weighted by molar-refractivity contribution is 5.97. The third-order valence-corrected chi connectivity index (χ3v) is 17.9. The third kappa shape index (κ3) is 14.4. The number of ether oxygens (including phenoxy) is 5. The van der Waals surface area contributed by atoms with Crippen LogP contribution in [0, 0.1) is 29.5 Å². The van der Waals surface area contributed by atoms with Crippen molar-refractivity contribution in [3.05, 3.63) is 61.7 Å². The number of nitrogens with zero attached hydrogens (tertiary/aromatic N) is 3. The van der Waals surface area contributed by atoms with Gasteiger partial charge in [-0.05, 0) is 85.0 Å². The molecule has 4 aliphatic rings. The van der Waals surface area contributed by atoms with Gasteiger partial charge in [0, 0.05) is 48.5 Å². The molecular weight excluding hydrogens is 1120 g/mol. The van der Waals surface area contributed by atoms with Crippen LogP contribution < -0.4 is 26.8 Å². The highest BCUT2D eigenvalue weighted by atomic mass is 19.1. The number of aromatic nitrogens is 2. The largest absolute Gasteiger partial charge is 0.481 e. The zero-order chi connectivity index (χ0) is 62.8. The van der Waals surface area contributed by atoms with E-state index in [9.17, 15) is 58.2 Å². The van der Waals surface area contributed by atoms with E-state index < -0.39 is 106 Å². The minimum absolute atomic E-state index is 0.0373. The van der Waals surface area contributed by atoms with Gasteiger partial charge in [-0.1, -0.05) is 61.3 Å². The highest BCUT2D eigenvalue weighted by Crippen LogP contribution is 2.50. The Kier molecular flexibility index (Phi) is 21.9. The lowest BCUT2D eigenvalue weighted by Gasteiger charge is -2.45. The number of pyridine rings is 2. The van der Waals surface area contributed by atoms with Gasteiger partial charge in [-0.15, -0.1) is 0 Å². The van der Waals surface area contributed by atoms with E-state index in [2.05, 4.69) is 21.3 Å². The lowest BCUT2D eigenvalue weighted by molar-refractivity contribution is -0.191. The summed E-state index contributed by atoms with van der Waals surface area (Å²) in [7, 11) is 0. The molecule has 6 N–H and O–H groups in total. The van der Waals surface area contributed by atoms with Gasteiger partial charge in [0.2, 0.25) is 35.1 Å². The van der Waals surface area contributed by atoms with Crippen molar-refractivity contribution in [1.82, 2.24) is 35.7 Å². The van der Waals surface area contributed by atoms with Gasteiger partial charge in [0.1, 0.15) is 30.5 Å². The fourth-order valence-electron chi connectivity index (χ4n) is 12.4. The second-order valence-electron chi connectivity index (χ2n) is 23.5. The zero-order valence-corrected chi connectivity index (χ0v) is 50.5. The summed E-state index contributed by atoms with van der Waals surface area (Å²) in [6.07, 6.45) is 2.61. The number of fused-ring (bicyclic) bond motifs is 5. The minimum Gasteiger partial charge on any atom is -0.481 e. The molecule has 3 aromatic rings. The lowest BCUT2D eigenvalue weighted by Crippen LogP contribution is -2.57. The Balaban J connectivity index is 0.862. The number of hydrogen-bond donors (Lipinski definition) is 6. The van der Waals surface area contributed by atoms with Gasteiger partial charge in [-0.3, -0.25) is 38.4 Å². The van der Waals surface area contributed by atoms with Crippen LogP contribution >= 0.6 is 0 Å². The van der Waals surface area contributed by atoms with E-state index >= 15 is 4.39 Å². The first-order chi connectivity index (χ1) is 40.8. The number of carboxylic acids is 2. The number of benzene rings is 1. The third-order valence-electron chi connectivity index (χ3n) is 17.9. The Hall–Kier alpha value is -7.38. The van der Waals surface area contributed by atoms with Gasteiger partial charge in [0.25, 0.3) is 5.56 Å². The van der Waals surface area contributed by atoms with Crippen LogP contribution in [0.15, 0.2) is 16.9 Å². The molecule has 25 heteroatoms. The van der Waals surface area contributed by atoms with Crippen molar-refractivity contribution in [2.45, 2.75) is 169 Å². The number of nitrogens with one attached hydrogen (secondary N) is 4. The van der Waals surface area contributed by atoms with Gasteiger partial charge in [-0.25, -0.2) is 19.0 Å². The van der Waals surface area contributed by atoms with Crippen LogP contribution in [0.5, 0.6) is 0 Å². The fourth-order valence-corrected chi connectivity index (χ4v) is 12.4. The molecule has 1 aromatic carbocycles. The first-order valence-corrected chi connectivity index (χ1v) is 29.8. The average Bonchev–Trinajstić information content (AvgIpc) is 1.45. The number of halogens is 1. The fraction of sp³-hybridized carbons (Fsp3) is 0.623. The number of carboxylic acid groups (broad SMARTS) is 2. The maximum absolute atomic E-state index is 15.2. The Morgan fingerprint density at radius 1 is 0.814 bits per heavy atom. The van der Waals surface area contributed by atoms with Gasteiger partial charge in [0.15, 0.2) is 0 Å². The second kappa shape index (κ2) is 28.4. The Morgan fingerprint density at radius 2 is 1.49 bits per heavy atom. The molecule has 470 valence electrons. The second-order valence-corrected chi connectivity index (χ2v) is 23.5. The van der Waals surface area contributed by atoms with Gasteiger partial charge in [0.05, 0.1) is 88.0 Å². The van der Waals surface area contributed by atoms with E-state index in [-0.39, 0.29) is 121 Å². The van der Waals surface area contributed by atoms with Crippen LogP contribution in [-0.4, -0.2) is 155 Å². The molecule has 5 amide bonds. The predicted octanol–water partition coefficient (Wildman–Crippen LogP) is 4.03. The molecule has 86 heavy (non-hydrogen) atoms. The van der Waals surface area contributed by atoms with E-state index in [1.165, 1.54) is 6.07 Å². The highest BCUT2D eigenvalue weighted by Gasteiger charge is 2.52. The van der Waals surface area contributed by atoms with Crippen molar-refractivity contribution in [3.8, 4) is 11.4 Å². The van der Waals surface area contributed by atoms with Crippen molar-refractivity contribution >= 4 is 64.3 Å². The molecule has 1 saturated heterocycles. The minimum atomic E-state index is -2.13. The van der Waals surface area contributed by atoms with Crippen molar-refractivity contribution in [1.29, 1.82) is 0 Å². The molecule has 7 rings (SSSR count). The van der Waals surface area contributed by atoms with Gasteiger partial charge < -0.3 is 64.6 Å².